The summed E-state index contributed by atoms with van der Waals surface area (Å²) in [5, 5.41) is 8.69. The standard InChI is InChI=1S/C9H5F3N2O2/c10-9(11,12)6-4(8(15)16)1-2-5-7(6)14-3-13-5/h1-3H,(H,13,14)(H,15,16). The first-order chi connectivity index (χ1) is 7.41. The number of H-pyrrole nitrogens is 1. The molecule has 0 radical (unpaired) electrons. The largest absolute Gasteiger partial charge is 0.478 e. The van der Waals surface area contributed by atoms with Crippen molar-refractivity contribution in [1.29, 1.82) is 0 Å². The summed E-state index contributed by atoms with van der Waals surface area (Å²) in [4.78, 5) is 16.7. The second-order valence-corrected chi connectivity index (χ2v) is 3.09. The molecule has 0 amide bonds. The summed E-state index contributed by atoms with van der Waals surface area (Å²) in [5.74, 6) is -1.63. The van der Waals surface area contributed by atoms with Crippen LogP contribution in [0, 0.1) is 0 Å². The zero-order chi connectivity index (χ0) is 11.9. The molecular formula is C9H5F3N2O2. The van der Waals surface area contributed by atoms with Crippen molar-refractivity contribution in [2.75, 3.05) is 0 Å². The third-order valence-electron chi connectivity index (χ3n) is 2.11. The third-order valence-corrected chi connectivity index (χ3v) is 2.11. The number of nitrogens with zero attached hydrogens (tertiary/aromatic N) is 1. The van der Waals surface area contributed by atoms with Gasteiger partial charge in [-0.3, -0.25) is 0 Å². The van der Waals surface area contributed by atoms with Gasteiger partial charge in [-0.15, -0.1) is 0 Å². The first kappa shape index (κ1) is 10.5. The van der Waals surface area contributed by atoms with Crippen LogP contribution in [0.5, 0.6) is 0 Å². The van der Waals surface area contributed by atoms with E-state index in [1.807, 2.05) is 0 Å². The fourth-order valence-electron chi connectivity index (χ4n) is 1.47. The highest BCUT2D eigenvalue weighted by atomic mass is 19.4. The molecule has 16 heavy (non-hydrogen) atoms. The topological polar surface area (TPSA) is 66.0 Å². The molecule has 0 unspecified atom stereocenters. The Morgan fingerprint density at radius 1 is 1.38 bits per heavy atom. The number of alkyl halides is 3. The highest BCUT2D eigenvalue weighted by molar-refractivity contribution is 5.96. The Morgan fingerprint density at radius 3 is 2.62 bits per heavy atom. The maximum atomic E-state index is 12.7. The molecule has 0 aliphatic rings. The number of carboxylic acid groups (broad SMARTS) is 1. The Kier molecular flexibility index (Phi) is 2.11. The Bertz CT molecular complexity index is 559. The molecule has 0 spiro atoms. The molecule has 1 heterocycles. The zero-order valence-corrected chi connectivity index (χ0v) is 7.67. The summed E-state index contributed by atoms with van der Waals surface area (Å²) in [7, 11) is 0. The molecule has 1 aromatic heterocycles. The normalized spacial score (nSPS) is 11.9. The van der Waals surface area contributed by atoms with Gasteiger partial charge in [-0.25, -0.2) is 9.78 Å². The molecule has 2 aromatic rings. The zero-order valence-electron chi connectivity index (χ0n) is 7.67. The van der Waals surface area contributed by atoms with Crippen molar-refractivity contribution in [3.05, 3.63) is 29.6 Å². The number of imidazole rings is 1. The Balaban J connectivity index is 2.86. The number of fused-ring (bicyclic) bond motifs is 1. The monoisotopic (exact) mass is 230 g/mol. The fourth-order valence-corrected chi connectivity index (χ4v) is 1.47. The van der Waals surface area contributed by atoms with E-state index in [2.05, 4.69) is 9.97 Å². The molecular weight excluding hydrogens is 225 g/mol. The van der Waals surface area contributed by atoms with E-state index >= 15 is 0 Å². The van der Waals surface area contributed by atoms with Gasteiger partial charge in [0.1, 0.15) is 5.52 Å². The number of carbonyl (C=O) groups is 1. The number of benzene rings is 1. The number of halogens is 3. The molecule has 1 aromatic carbocycles. The molecule has 0 fully saturated rings. The van der Waals surface area contributed by atoms with Gasteiger partial charge in [-0.05, 0) is 12.1 Å². The van der Waals surface area contributed by atoms with E-state index in [-0.39, 0.29) is 11.0 Å². The Morgan fingerprint density at radius 2 is 2.06 bits per heavy atom. The summed E-state index contributed by atoms with van der Waals surface area (Å²) in [6.45, 7) is 0. The van der Waals surface area contributed by atoms with Gasteiger partial charge in [-0.2, -0.15) is 13.2 Å². The lowest BCUT2D eigenvalue weighted by Crippen LogP contribution is -2.13. The number of hydrogen-bond donors (Lipinski definition) is 2. The van der Waals surface area contributed by atoms with Crippen molar-refractivity contribution in [1.82, 2.24) is 9.97 Å². The van der Waals surface area contributed by atoms with E-state index in [9.17, 15) is 18.0 Å². The maximum Gasteiger partial charge on any atom is 0.419 e. The van der Waals surface area contributed by atoms with Crippen molar-refractivity contribution in [2.45, 2.75) is 6.18 Å². The number of aromatic nitrogens is 2. The number of nitrogens with one attached hydrogen (secondary N) is 1. The van der Waals surface area contributed by atoms with Crippen molar-refractivity contribution in [2.24, 2.45) is 0 Å². The van der Waals surface area contributed by atoms with Crippen molar-refractivity contribution in [3.8, 4) is 0 Å². The lowest BCUT2D eigenvalue weighted by atomic mass is 10.1. The molecule has 7 heteroatoms. The first-order valence-corrected chi connectivity index (χ1v) is 4.18. The predicted octanol–water partition coefficient (Wildman–Crippen LogP) is 2.28. The minimum absolute atomic E-state index is 0.150. The van der Waals surface area contributed by atoms with E-state index in [0.717, 1.165) is 12.4 Å². The molecule has 0 atom stereocenters. The molecule has 0 bridgehead atoms. The van der Waals surface area contributed by atoms with Crippen LogP contribution in [0.3, 0.4) is 0 Å². The minimum Gasteiger partial charge on any atom is -0.478 e. The molecule has 0 aliphatic heterocycles. The summed E-state index contributed by atoms with van der Waals surface area (Å²) in [6, 6.07) is 2.16. The molecule has 4 nitrogen and oxygen atoms in total. The van der Waals surface area contributed by atoms with E-state index in [0.29, 0.717) is 0 Å². The van der Waals surface area contributed by atoms with Crippen LogP contribution >= 0.6 is 0 Å². The summed E-state index contributed by atoms with van der Waals surface area (Å²) in [5.41, 5.74) is -2.25. The van der Waals surface area contributed by atoms with Crippen molar-refractivity contribution >= 4 is 17.0 Å². The SMILES string of the molecule is O=C(O)c1ccc2[nH]cnc2c1C(F)(F)F. The third kappa shape index (κ3) is 1.50. The summed E-state index contributed by atoms with van der Waals surface area (Å²) < 4.78 is 38.1. The quantitative estimate of drug-likeness (QED) is 0.789. The molecule has 0 aliphatic carbocycles. The molecule has 0 saturated heterocycles. The number of aromatic amines is 1. The van der Waals surface area contributed by atoms with Crippen LogP contribution < -0.4 is 0 Å². The summed E-state index contributed by atoms with van der Waals surface area (Å²) >= 11 is 0. The highest BCUT2D eigenvalue weighted by Gasteiger charge is 2.38. The van der Waals surface area contributed by atoms with Crippen molar-refractivity contribution < 1.29 is 23.1 Å². The Hall–Kier alpha value is -2.05. The van der Waals surface area contributed by atoms with E-state index in [4.69, 9.17) is 5.11 Å². The Labute approximate surface area is 86.7 Å². The molecule has 84 valence electrons. The van der Waals surface area contributed by atoms with Gasteiger partial charge in [-0.1, -0.05) is 0 Å². The second-order valence-electron chi connectivity index (χ2n) is 3.09. The van der Waals surface area contributed by atoms with Crippen LogP contribution in [0.4, 0.5) is 13.2 Å². The van der Waals surface area contributed by atoms with Crippen LogP contribution in [-0.2, 0) is 6.18 Å². The van der Waals surface area contributed by atoms with Crippen LogP contribution in [0.25, 0.3) is 11.0 Å². The second kappa shape index (κ2) is 3.22. The molecule has 2 rings (SSSR count). The van der Waals surface area contributed by atoms with Gasteiger partial charge < -0.3 is 10.1 Å². The highest BCUT2D eigenvalue weighted by Crippen LogP contribution is 2.36. The minimum atomic E-state index is -4.75. The van der Waals surface area contributed by atoms with Crippen LogP contribution in [0.15, 0.2) is 18.5 Å². The smallest absolute Gasteiger partial charge is 0.419 e. The van der Waals surface area contributed by atoms with Gasteiger partial charge >= 0.3 is 12.1 Å². The fraction of sp³-hybridized carbons (Fsp3) is 0.111. The predicted molar refractivity (Wildman–Crippen MR) is 48.1 cm³/mol. The lowest BCUT2D eigenvalue weighted by molar-refractivity contribution is -0.136. The van der Waals surface area contributed by atoms with Gasteiger partial charge in [0.25, 0.3) is 0 Å². The van der Waals surface area contributed by atoms with Crippen LogP contribution in [0.1, 0.15) is 15.9 Å². The summed E-state index contributed by atoms with van der Waals surface area (Å²) in [6.07, 6.45) is -3.66. The number of rotatable bonds is 1. The number of carboxylic acids is 1. The van der Waals surface area contributed by atoms with E-state index in [1.54, 1.807) is 0 Å². The van der Waals surface area contributed by atoms with Crippen molar-refractivity contribution in [3.63, 3.8) is 0 Å². The number of hydrogen-bond acceptors (Lipinski definition) is 2. The molecule has 0 saturated carbocycles. The first-order valence-electron chi connectivity index (χ1n) is 4.18. The average Bonchev–Trinajstić information content (AvgIpc) is 2.61. The number of aromatic carboxylic acids is 1. The molecule has 2 N–H and O–H groups in total. The van der Waals surface area contributed by atoms with Gasteiger partial charge in [0.05, 0.1) is 23.0 Å². The van der Waals surface area contributed by atoms with Gasteiger partial charge in [0, 0.05) is 0 Å². The van der Waals surface area contributed by atoms with Crippen LogP contribution in [-0.4, -0.2) is 21.0 Å². The van der Waals surface area contributed by atoms with Gasteiger partial charge in [0.2, 0.25) is 0 Å². The van der Waals surface area contributed by atoms with Crippen LogP contribution in [0.2, 0.25) is 0 Å². The van der Waals surface area contributed by atoms with Gasteiger partial charge in [0.15, 0.2) is 0 Å². The lowest BCUT2D eigenvalue weighted by Gasteiger charge is -2.10. The average molecular weight is 230 g/mol. The maximum absolute atomic E-state index is 12.7. The van der Waals surface area contributed by atoms with E-state index < -0.39 is 23.3 Å². The van der Waals surface area contributed by atoms with E-state index in [1.165, 1.54) is 6.07 Å².